The van der Waals surface area contributed by atoms with Gasteiger partial charge in [0.05, 0.1) is 5.69 Å². The highest BCUT2D eigenvalue weighted by Crippen LogP contribution is 2.25. The van der Waals surface area contributed by atoms with Crippen molar-refractivity contribution in [3.8, 4) is 17.0 Å². The first kappa shape index (κ1) is 18.1. The number of aromatic nitrogens is 1. The third kappa shape index (κ3) is 4.49. The Morgan fingerprint density at radius 2 is 1.88 bits per heavy atom. The second-order valence-corrected chi connectivity index (χ2v) is 7.03. The molecule has 1 amide bonds. The monoisotopic (exact) mass is 366 g/mol. The molecular formula is C21H22N2O2S. The van der Waals surface area contributed by atoms with E-state index >= 15 is 0 Å². The molecule has 26 heavy (non-hydrogen) atoms. The van der Waals surface area contributed by atoms with E-state index in [1.165, 1.54) is 22.5 Å². The molecule has 1 heterocycles. The topological polar surface area (TPSA) is 51.2 Å². The van der Waals surface area contributed by atoms with E-state index in [1.807, 2.05) is 37.4 Å². The molecule has 0 atom stereocenters. The Balaban J connectivity index is 1.57. The number of ether oxygens (including phenoxy) is 1. The maximum atomic E-state index is 12.1. The maximum absolute atomic E-state index is 12.1. The quantitative estimate of drug-likeness (QED) is 0.667. The number of nitrogens with one attached hydrogen (secondary N) is 1. The summed E-state index contributed by atoms with van der Waals surface area (Å²) in [6.07, 6.45) is 1.01. The maximum Gasteiger partial charge on any atom is 0.264 e. The van der Waals surface area contributed by atoms with Gasteiger partial charge in [0.1, 0.15) is 5.75 Å². The number of carbonyl (C=O) groups is 1. The minimum Gasteiger partial charge on any atom is -0.484 e. The molecule has 0 radical (unpaired) electrons. The molecule has 0 aliphatic carbocycles. The zero-order valence-electron chi connectivity index (χ0n) is 15.2. The lowest BCUT2D eigenvalue weighted by Gasteiger charge is -2.07. The van der Waals surface area contributed by atoms with Gasteiger partial charge in [-0.1, -0.05) is 37.3 Å². The van der Waals surface area contributed by atoms with E-state index in [0.717, 1.165) is 23.2 Å². The lowest BCUT2D eigenvalue weighted by Crippen LogP contribution is -2.20. The minimum absolute atomic E-state index is 0.0391. The number of benzene rings is 2. The van der Waals surface area contributed by atoms with Gasteiger partial charge in [0.2, 0.25) is 0 Å². The lowest BCUT2D eigenvalue weighted by molar-refractivity contribution is -0.118. The highest BCUT2D eigenvalue weighted by Gasteiger charge is 2.09. The SMILES string of the molecule is CCc1ccc(-c2csc(NC(=O)COc3ccc(C)c(C)c3)n2)cc1. The minimum atomic E-state index is -0.217. The summed E-state index contributed by atoms with van der Waals surface area (Å²) in [5, 5.41) is 5.32. The Morgan fingerprint density at radius 3 is 2.58 bits per heavy atom. The number of hydrogen-bond donors (Lipinski definition) is 1. The van der Waals surface area contributed by atoms with Crippen molar-refractivity contribution in [3.63, 3.8) is 0 Å². The molecule has 1 aromatic heterocycles. The predicted molar refractivity (Wildman–Crippen MR) is 107 cm³/mol. The van der Waals surface area contributed by atoms with Crippen LogP contribution in [0.15, 0.2) is 47.8 Å². The Hall–Kier alpha value is -2.66. The molecule has 3 aromatic rings. The molecule has 3 rings (SSSR count). The second kappa shape index (κ2) is 8.15. The predicted octanol–water partition coefficient (Wildman–Crippen LogP) is 5.01. The zero-order valence-corrected chi connectivity index (χ0v) is 16.0. The van der Waals surface area contributed by atoms with E-state index in [-0.39, 0.29) is 12.5 Å². The van der Waals surface area contributed by atoms with Crippen molar-refractivity contribution >= 4 is 22.4 Å². The fraction of sp³-hybridized carbons (Fsp3) is 0.238. The van der Waals surface area contributed by atoms with Gasteiger partial charge in [-0.2, -0.15) is 0 Å². The highest BCUT2D eigenvalue weighted by atomic mass is 32.1. The van der Waals surface area contributed by atoms with Crippen LogP contribution in [0.25, 0.3) is 11.3 Å². The van der Waals surface area contributed by atoms with Crippen LogP contribution >= 0.6 is 11.3 Å². The summed E-state index contributed by atoms with van der Waals surface area (Å²) in [7, 11) is 0. The van der Waals surface area contributed by atoms with E-state index in [4.69, 9.17) is 4.74 Å². The molecule has 1 N–H and O–H groups in total. The van der Waals surface area contributed by atoms with Gasteiger partial charge in [-0.25, -0.2) is 4.98 Å². The van der Waals surface area contributed by atoms with E-state index in [9.17, 15) is 4.79 Å². The third-order valence-corrected chi connectivity index (χ3v) is 5.01. The molecule has 0 fully saturated rings. The number of aryl methyl sites for hydroxylation is 3. The Bertz CT molecular complexity index is 901. The first-order valence-electron chi connectivity index (χ1n) is 8.60. The first-order chi connectivity index (χ1) is 12.5. The Labute approximate surface area is 157 Å². The van der Waals surface area contributed by atoms with E-state index in [0.29, 0.717) is 10.9 Å². The second-order valence-electron chi connectivity index (χ2n) is 6.17. The molecule has 5 heteroatoms. The van der Waals surface area contributed by atoms with Gasteiger partial charge >= 0.3 is 0 Å². The molecule has 0 unspecified atom stereocenters. The lowest BCUT2D eigenvalue weighted by atomic mass is 10.1. The molecule has 134 valence electrons. The summed E-state index contributed by atoms with van der Waals surface area (Å²) in [6, 6.07) is 14.1. The van der Waals surface area contributed by atoms with Crippen LogP contribution in [-0.4, -0.2) is 17.5 Å². The van der Waals surface area contributed by atoms with Crippen molar-refractivity contribution in [3.05, 3.63) is 64.5 Å². The van der Waals surface area contributed by atoms with Gasteiger partial charge in [0, 0.05) is 10.9 Å². The van der Waals surface area contributed by atoms with E-state index in [2.05, 4.69) is 41.5 Å². The number of carbonyl (C=O) groups excluding carboxylic acids is 1. The van der Waals surface area contributed by atoms with Crippen LogP contribution in [0, 0.1) is 13.8 Å². The number of nitrogens with zero attached hydrogens (tertiary/aromatic N) is 1. The molecular weight excluding hydrogens is 344 g/mol. The van der Waals surface area contributed by atoms with Crippen LogP contribution in [0.5, 0.6) is 5.75 Å². The summed E-state index contributed by atoms with van der Waals surface area (Å²) in [6.45, 7) is 6.15. The molecule has 0 aliphatic rings. The summed E-state index contributed by atoms with van der Waals surface area (Å²) < 4.78 is 5.56. The molecule has 0 spiro atoms. The van der Waals surface area contributed by atoms with Crippen LogP contribution in [0.1, 0.15) is 23.6 Å². The number of thiazole rings is 1. The average molecular weight is 366 g/mol. The summed E-state index contributed by atoms with van der Waals surface area (Å²) in [4.78, 5) is 16.6. The smallest absolute Gasteiger partial charge is 0.264 e. The molecule has 0 bridgehead atoms. The van der Waals surface area contributed by atoms with Crippen molar-refractivity contribution in [1.29, 1.82) is 0 Å². The van der Waals surface area contributed by atoms with Gasteiger partial charge in [-0.3, -0.25) is 10.1 Å². The van der Waals surface area contributed by atoms with Crippen molar-refractivity contribution in [1.82, 2.24) is 4.98 Å². The fourth-order valence-electron chi connectivity index (χ4n) is 2.48. The molecule has 0 saturated carbocycles. The van der Waals surface area contributed by atoms with Crippen LogP contribution in [0.4, 0.5) is 5.13 Å². The number of rotatable bonds is 6. The zero-order chi connectivity index (χ0) is 18.5. The van der Waals surface area contributed by atoms with Crippen molar-refractivity contribution in [2.24, 2.45) is 0 Å². The van der Waals surface area contributed by atoms with Gasteiger partial charge in [0.25, 0.3) is 5.91 Å². The fourth-order valence-corrected chi connectivity index (χ4v) is 3.22. The van der Waals surface area contributed by atoms with Crippen LogP contribution in [0.2, 0.25) is 0 Å². The van der Waals surface area contributed by atoms with Crippen molar-refractivity contribution in [2.45, 2.75) is 27.2 Å². The summed E-state index contributed by atoms with van der Waals surface area (Å²) in [5.74, 6) is 0.476. The molecule has 2 aromatic carbocycles. The van der Waals surface area contributed by atoms with E-state index in [1.54, 1.807) is 0 Å². The summed E-state index contributed by atoms with van der Waals surface area (Å²) >= 11 is 1.41. The highest BCUT2D eigenvalue weighted by molar-refractivity contribution is 7.14. The Morgan fingerprint density at radius 1 is 1.12 bits per heavy atom. The van der Waals surface area contributed by atoms with Crippen LogP contribution < -0.4 is 10.1 Å². The van der Waals surface area contributed by atoms with Crippen LogP contribution in [0.3, 0.4) is 0 Å². The van der Waals surface area contributed by atoms with Crippen molar-refractivity contribution < 1.29 is 9.53 Å². The molecule has 0 aliphatic heterocycles. The standard InChI is InChI=1S/C21H22N2O2S/c1-4-16-6-8-17(9-7-16)19-13-26-21(22-19)23-20(24)12-25-18-10-5-14(2)15(3)11-18/h5-11,13H,4,12H2,1-3H3,(H,22,23,24). The van der Waals surface area contributed by atoms with Gasteiger partial charge in [0.15, 0.2) is 11.7 Å². The summed E-state index contributed by atoms with van der Waals surface area (Å²) in [5.41, 5.74) is 5.54. The number of hydrogen-bond acceptors (Lipinski definition) is 4. The average Bonchev–Trinajstić information content (AvgIpc) is 3.11. The number of anilines is 1. The van der Waals surface area contributed by atoms with Gasteiger partial charge in [-0.15, -0.1) is 11.3 Å². The Kier molecular flexibility index (Phi) is 5.68. The first-order valence-corrected chi connectivity index (χ1v) is 9.48. The largest absolute Gasteiger partial charge is 0.484 e. The van der Waals surface area contributed by atoms with Crippen molar-refractivity contribution in [2.75, 3.05) is 11.9 Å². The van der Waals surface area contributed by atoms with E-state index < -0.39 is 0 Å². The number of amides is 1. The normalized spacial score (nSPS) is 10.6. The molecule has 0 saturated heterocycles. The third-order valence-electron chi connectivity index (χ3n) is 4.26. The van der Waals surface area contributed by atoms with Gasteiger partial charge < -0.3 is 4.74 Å². The molecule has 4 nitrogen and oxygen atoms in total. The van der Waals surface area contributed by atoms with Gasteiger partial charge in [-0.05, 0) is 49.1 Å². The van der Waals surface area contributed by atoms with Crippen LogP contribution in [-0.2, 0) is 11.2 Å².